The first-order valence-corrected chi connectivity index (χ1v) is 7.46. The Labute approximate surface area is 103 Å². The fourth-order valence-electron chi connectivity index (χ4n) is 2.44. The van der Waals surface area contributed by atoms with Crippen molar-refractivity contribution in [3.05, 3.63) is 22.4 Å². The second-order valence-electron chi connectivity index (χ2n) is 5.03. The third kappa shape index (κ3) is 3.08. The van der Waals surface area contributed by atoms with Gasteiger partial charge in [0.25, 0.3) is 0 Å². The first-order valence-electron chi connectivity index (χ1n) is 6.58. The summed E-state index contributed by atoms with van der Waals surface area (Å²) in [5, 5.41) is 5.99. The molecule has 0 radical (unpaired) electrons. The maximum atomic E-state index is 3.81. The molecule has 1 aliphatic rings. The molecule has 0 aromatic carbocycles. The summed E-state index contributed by atoms with van der Waals surface area (Å²) in [5.41, 5.74) is 0. The van der Waals surface area contributed by atoms with Gasteiger partial charge in [0.15, 0.2) is 0 Å². The Morgan fingerprint density at radius 2 is 2.31 bits per heavy atom. The van der Waals surface area contributed by atoms with Gasteiger partial charge in [0.1, 0.15) is 0 Å². The van der Waals surface area contributed by atoms with Crippen LogP contribution < -0.4 is 5.32 Å². The van der Waals surface area contributed by atoms with Gasteiger partial charge in [-0.05, 0) is 50.0 Å². The normalized spacial score (nSPS) is 20.4. The van der Waals surface area contributed by atoms with Crippen LogP contribution in [0.1, 0.15) is 44.4 Å². The molecular weight excluding hydrogens is 214 g/mol. The Bertz CT molecular complexity index is 290. The van der Waals surface area contributed by atoms with E-state index in [1.165, 1.54) is 37.0 Å². The highest BCUT2D eigenvalue weighted by molar-refractivity contribution is 7.09. The van der Waals surface area contributed by atoms with E-state index >= 15 is 0 Å². The van der Waals surface area contributed by atoms with E-state index in [9.17, 15) is 0 Å². The molecule has 1 heterocycles. The molecule has 1 saturated carbocycles. The number of hydrogen-bond acceptors (Lipinski definition) is 2. The van der Waals surface area contributed by atoms with Crippen molar-refractivity contribution in [3.8, 4) is 0 Å². The van der Waals surface area contributed by atoms with E-state index in [1.807, 2.05) is 11.3 Å². The zero-order valence-corrected chi connectivity index (χ0v) is 11.2. The van der Waals surface area contributed by atoms with Gasteiger partial charge in [-0.2, -0.15) is 0 Å². The van der Waals surface area contributed by atoms with E-state index in [0.29, 0.717) is 12.1 Å². The van der Waals surface area contributed by atoms with E-state index < -0.39 is 0 Å². The largest absolute Gasteiger partial charge is 0.311 e. The molecule has 0 aliphatic heterocycles. The lowest BCUT2D eigenvalue weighted by atomic mass is 9.80. The molecule has 1 N–H and O–H groups in total. The SMILES string of the molecule is CCC(Cc1cccs1)NC(C)C1CCC1. The van der Waals surface area contributed by atoms with Gasteiger partial charge in [-0.15, -0.1) is 11.3 Å². The summed E-state index contributed by atoms with van der Waals surface area (Å²) in [7, 11) is 0. The van der Waals surface area contributed by atoms with Crippen LogP contribution in [0, 0.1) is 5.92 Å². The summed E-state index contributed by atoms with van der Waals surface area (Å²) in [6, 6.07) is 5.78. The van der Waals surface area contributed by atoms with Crippen LogP contribution in [-0.2, 0) is 6.42 Å². The van der Waals surface area contributed by atoms with Crippen LogP contribution >= 0.6 is 11.3 Å². The highest BCUT2D eigenvalue weighted by atomic mass is 32.1. The lowest BCUT2D eigenvalue weighted by Crippen LogP contribution is -2.43. The Hall–Kier alpha value is -0.340. The molecule has 2 rings (SSSR count). The quantitative estimate of drug-likeness (QED) is 0.792. The molecule has 0 saturated heterocycles. The van der Waals surface area contributed by atoms with Gasteiger partial charge in [0.05, 0.1) is 0 Å². The number of nitrogens with one attached hydrogen (secondary N) is 1. The number of hydrogen-bond donors (Lipinski definition) is 1. The van der Waals surface area contributed by atoms with Crippen LogP contribution in [0.3, 0.4) is 0 Å². The van der Waals surface area contributed by atoms with Gasteiger partial charge in [0.2, 0.25) is 0 Å². The van der Waals surface area contributed by atoms with Gasteiger partial charge < -0.3 is 5.32 Å². The predicted molar refractivity (Wildman–Crippen MR) is 72.0 cm³/mol. The van der Waals surface area contributed by atoms with E-state index in [1.54, 1.807) is 0 Å². The summed E-state index contributed by atoms with van der Waals surface area (Å²) < 4.78 is 0. The van der Waals surface area contributed by atoms with Crippen molar-refractivity contribution in [1.82, 2.24) is 5.32 Å². The first kappa shape index (κ1) is 12.1. The second kappa shape index (κ2) is 5.83. The standard InChI is InChI=1S/C14H23NS/c1-3-13(10-14-8-5-9-16-14)15-11(2)12-6-4-7-12/h5,8-9,11-13,15H,3-4,6-7,10H2,1-2H3. The van der Waals surface area contributed by atoms with E-state index in [4.69, 9.17) is 0 Å². The monoisotopic (exact) mass is 237 g/mol. The topological polar surface area (TPSA) is 12.0 Å². The summed E-state index contributed by atoms with van der Waals surface area (Å²) in [5.74, 6) is 0.942. The molecule has 1 aromatic heterocycles. The van der Waals surface area contributed by atoms with Gasteiger partial charge in [-0.3, -0.25) is 0 Å². The molecule has 90 valence electrons. The molecule has 1 fully saturated rings. The highest BCUT2D eigenvalue weighted by Gasteiger charge is 2.25. The summed E-state index contributed by atoms with van der Waals surface area (Å²) >= 11 is 1.88. The van der Waals surface area contributed by atoms with Crippen LogP contribution in [0.15, 0.2) is 17.5 Å². The molecule has 0 spiro atoms. The van der Waals surface area contributed by atoms with E-state index in [-0.39, 0.29) is 0 Å². The highest BCUT2D eigenvalue weighted by Crippen LogP contribution is 2.29. The van der Waals surface area contributed by atoms with Crippen molar-refractivity contribution < 1.29 is 0 Å². The molecule has 0 amide bonds. The maximum absolute atomic E-state index is 3.81. The van der Waals surface area contributed by atoms with Crippen molar-refractivity contribution in [2.45, 2.75) is 58.0 Å². The maximum Gasteiger partial charge on any atom is 0.0115 e. The van der Waals surface area contributed by atoms with Crippen LogP contribution in [0.2, 0.25) is 0 Å². The van der Waals surface area contributed by atoms with Crippen molar-refractivity contribution in [2.24, 2.45) is 5.92 Å². The molecular formula is C14H23NS. The van der Waals surface area contributed by atoms with Crippen LogP contribution in [0.5, 0.6) is 0 Å². The van der Waals surface area contributed by atoms with Crippen molar-refractivity contribution in [2.75, 3.05) is 0 Å². The number of thiophene rings is 1. The van der Waals surface area contributed by atoms with Gasteiger partial charge in [-0.25, -0.2) is 0 Å². The number of rotatable bonds is 6. The molecule has 1 aliphatic carbocycles. The van der Waals surface area contributed by atoms with Crippen molar-refractivity contribution >= 4 is 11.3 Å². The molecule has 2 heteroatoms. The Morgan fingerprint density at radius 3 is 2.81 bits per heavy atom. The minimum absolute atomic E-state index is 0.661. The molecule has 2 atom stereocenters. The minimum Gasteiger partial charge on any atom is -0.311 e. The van der Waals surface area contributed by atoms with Crippen LogP contribution in [0.4, 0.5) is 0 Å². The van der Waals surface area contributed by atoms with Crippen molar-refractivity contribution in [3.63, 3.8) is 0 Å². The van der Waals surface area contributed by atoms with Crippen LogP contribution in [-0.4, -0.2) is 12.1 Å². The Balaban J connectivity index is 1.80. The molecule has 0 bridgehead atoms. The first-order chi connectivity index (χ1) is 7.79. The zero-order chi connectivity index (χ0) is 11.4. The third-order valence-corrected chi connectivity index (χ3v) is 4.77. The Morgan fingerprint density at radius 1 is 1.50 bits per heavy atom. The molecule has 1 nitrogen and oxygen atoms in total. The molecule has 16 heavy (non-hydrogen) atoms. The fraction of sp³-hybridized carbons (Fsp3) is 0.714. The van der Waals surface area contributed by atoms with Gasteiger partial charge in [0, 0.05) is 17.0 Å². The summed E-state index contributed by atoms with van der Waals surface area (Å²) in [4.78, 5) is 1.51. The fourth-order valence-corrected chi connectivity index (χ4v) is 3.23. The smallest absolute Gasteiger partial charge is 0.0115 e. The average molecular weight is 237 g/mol. The lowest BCUT2D eigenvalue weighted by Gasteiger charge is -2.34. The predicted octanol–water partition coefficient (Wildman–Crippen LogP) is 3.85. The minimum atomic E-state index is 0.661. The zero-order valence-electron chi connectivity index (χ0n) is 10.4. The van der Waals surface area contributed by atoms with Crippen molar-refractivity contribution in [1.29, 1.82) is 0 Å². The van der Waals surface area contributed by atoms with E-state index in [2.05, 4.69) is 36.7 Å². The molecule has 2 unspecified atom stereocenters. The van der Waals surface area contributed by atoms with Crippen LogP contribution in [0.25, 0.3) is 0 Å². The third-order valence-electron chi connectivity index (χ3n) is 3.88. The lowest BCUT2D eigenvalue weighted by molar-refractivity contribution is 0.224. The average Bonchev–Trinajstić information content (AvgIpc) is 2.66. The summed E-state index contributed by atoms with van der Waals surface area (Å²) in [6.07, 6.45) is 6.74. The second-order valence-corrected chi connectivity index (χ2v) is 6.07. The molecule has 1 aromatic rings. The van der Waals surface area contributed by atoms with E-state index in [0.717, 1.165) is 5.92 Å². The van der Waals surface area contributed by atoms with Gasteiger partial charge >= 0.3 is 0 Å². The summed E-state index contributed by atoms with van der Waals surface area (Å²) in [6.45, 7) is 4.65. The Kier molecular flexibility index (Phi) is 4.42. The van der Waals surface area contributed by atoms with Gasteiger partial charge in [-0.1, -0.05) is 19.4 Å².